The van der Waals surface area contributed by atoms with Crippen LogP contribution >= 0.6 is 12.4 Å². The average Bonchev–Trinajstić information content (AvgIpc) is 2.54. The van der Waals surface area contributed by atoms with Crippen LogP contribution in [0.3, 0.4) is 0 Å². The number of sulfonamides is 1. The minimum absolute atomic E-state index is 0. The fourth-order valence-corrected chi connectivity index (χ4v) is 4.45. The summed E-state index contributed by atoms with van der Waals surface area (Å²) in [7, 11) is -1.99. The number of hydrogen-bond acceptors (Lipinski definition) is 5. The zero-order valence-corrected chi connectivity index (χ0v) is 15.4. The third-order valence-electron chi connectivity index (χ3n) is 4.00. The standard InChI is InChI=1S/C15H23N3O4S.ClH/c1-11(19)17-12-3-5-15(6-4-12)23(20,21)18-8-7-14(22-2)9-13(18)10-16;/h3-6,13-14H,7-10,16H2,1-2H3,(H,17,19);1H. The van der Waals surface area contributed by atoms with Crippen LogP contribution in [0.25, 0.3) is 0 Å². The molecule has 3 N–H and O–H groups in total. The molecule has 1 saturated heterocycles. The van der Waals surface area contributed by atoms with Crippen LogP contribution in [0.15, 0.2) is 29.2 Å². The first kappa shape index (κ1) is 20.9. The number of carbonyl (C=O) groups excluding carboxylic acids is 1. The zero-order valence-electron chi connectivity index (χ0n) is 13.8. The maximum atomic E-state index is 12.8. The first-order valence-corrected chi connectivity index (χ1v) is 8.95. The van der Waals surface area contributed by atoms with Gasteiger partial charge in [-0.25, -0.2) is 8.42 Å². The van der Waals surface area contributed by atoms with Gasteiger partial charge >= 0.3 is 0 Å². The van der Waals surface area contributed by atoms with Crippen molar-refractivity contribution in [2.45, 2.75) is 36.8 Å². The molecule has 0 aliphatic carbocycles. The molecule has 1 fully saturated rings. The molecule has 0 radical (unpaired) electrons. The SMILES string of the molecule is COC1CCN(S(=O)(=O)c2ccc(NC(C)=O)cc2)C(CN)C1.Cl. The normalized spacial score (nSPS) is 21.8. The van der Waals surface area contributed by atoms with Gasteiger partial charge in [0.1, 0.15) is 0 Å². The van der Waals surface area contributed by atoms with Crippen molar-refractivity contribution in [1.82, 2.24) is 4.31 Å². The van der Waals surface area contributed by atoms with Gasteiger partial charge in [-0.2, -0.15) is 4.31 Å². The van der Waals surface area contributed by atoms with Gasteiger partial charge in [0.2, 0.25) is 15.9 Å². The fourth-order valence-electron chi connectivity index (χ4n) is 2.79. The Morgan fingerprint density at radius 2 is 2.00 bits per heavy atom. The van der Waals surface area contributed by atoms with Gasteiger partial charge in [0.15, 0.2) is 0 Å². The van der Waals surface area contributed by atoms with Crippen LogP contribution in [0, 0.1) is 0 Å². The van der Waals surface area contributed by atoms with Gasteiger partial charge in [0, 0.05) is 38.9 Å². The zero-order chi connectivity index (χ0) is 17.0. The van der Waals surface area contributed by atoms with Crippen LogP contribution in [-0.4, -0.2) is 51.0 Å². The predicted molar refractivity (Wildman–Crippen MR) is 94.8 cm³/mol. The van der Waals surface area contributed by atoms with E-state index in [-0.39, 0.29) is 41.9 Å². The van der Waals surface area contributed by atoms with Gasteiger partial charge in [-0.15, -0.1) is 12.4 Å². The van der Waals surface area contributed by atoms with E-state index in [0.29, 0.717) is 25.1 Å². The summed E-state index contributed by atoms with van der Waals surface area (Å²) in [6.45, 7) is 2.04. The number of halogens is 1. The van der Waals surface area contributed by atoms with E-state index < -0.39 is 10.0 Å². The molecule has 2 rings (SSSR count). The van der Waals surface area contributed by atoms with Gasteiger partial charge in [-0.3, -0.25) is 4.79 Å². The summed E-state index contributed by atoms with van der Waals surface area (Å²) in [5.41, 5.74) is 6.32. The van der Waals surface area contributed by atoms with Crippen LogP contribution in [0.5, 0.6) is 0 Å². The van der Waals surface area contributed by atoms with Gasteiger partial charge in [0.25, 0.3) is 0 Å². The van der Waals surface area contributed by atoms with Crippen molar-refractivity contribution < 1.29 is 17.9 Å². The molecule has 1 aromatic rings. The maximum absolute atomic E-state index is 12.8. The number of hydrogen-bond donors (Lipinski definition) is 2. The quantitative estimate of drug-likeness (QED) is 0.802. The number of anilines is 1. The highest BCUT2D eigenvalue weighted by Crippen LogP contribution is 2.27. The van der Waals surface area contributed by atoms with Crippen molar-refractivity contribution >= 4 is 34.0 Å². The minimum Gasteiger partial charge on any atom is -0.381 e. The van der Waals surface area contributed by atoms with E-state index >= 15 is 0 Å². The maximum Gasteiger partial charge on any atom is 0.243 e. The van der Waals surface area contributed by atoms with Crippen molar-refractivity contribution in [3.63, 3.8) is 0 Å². The number of carbonyl (C=O) groups is 1. The first-order chi connectivity index (χ1) is 10.9. The molecule has 1 aliphatic heterocycles. The molecule has 0 aromatic heterocycles. The molecular formula is C15H24ClN3O4S. The van der Waals surface area contributed by atoms with Crippen molar-refractivity contribution in [3.05, 3.63) is 24.3 Å². The highest BCUT2D eigenvalue weighted by Gasteiger charge is 2.36. The Kier molecular flexibility index (Phi) is 7.62. The lowest BCUT2D eigenvalue weighted by molar-refractivity contribution is -0.114. The van der Waals surface area contributed by atoms with E-state index in [1.807, 2.05) is 0 Å². The number of nitrogens with two attached hydrogens (primary N) is 1. The van der Waals surface area contributed by atoms with E-state index in [2.05, 4.69) is 5.32 Å². The van der Waals surface area contributed by atoms with Crippen LogP contribution in [0.4, 0.5) is 5.69 Å². The molecule has 2 atom stereocenters. The Balaban J connectivity index is 0.00000288. The lowest BCUT2D eigenvalue weighted by Crippen LogP contribution is -2.51. The second-order valence-corrected chi connectivity index (χ2v) is 7.48. The number of amides is 1. The number of methoxy groups -OCH3 is 1. The predicted octanol–water partition coefficient (Wildman–Crippen LogP) is 1.19. The highest BCUT2D eigenvalue weighted by molar-refractivity contribution is 7.89. The molecule has 7 nitrogen and oxygen atoms in total. The second kappa shape index (κ2) is 8.77. The molecule has 9 heteroatoms. The smallest absolute Gasteiger partial charge is 0.243 e. The molecule has 1 aromatic carbocycles. The monoisotopic (exact) mass is 377 g/mol. The summed E-state index contributed by atoms with van der Waals surface area (Å²) in [6, 6.07) is 5.88. The Bertz CT molecular complexity index is 651. The minimum atomic E-state index is -3.62. The van der Waals surface area contributed by atoms with Crippen molar-refractivity contribution in [2.24, 2.45) is 5.73 Å². The summed E-state index contributed by atoms with van der Waals surface area (Å²) in [5.74, 6) is -0.203. The van der Waals surface area contributed by atoms with Crippen LogP contribution in [-0.2, 0) is 19.6 Å². The number of ether oxygens (including phenoxy) is 1. The topological polar surface area (TPSA) is 102 Å². The lowest BCUT2D eigenvalue weighted by atomic mass is 10.0. The number of nitrogens with zero attached hydrogens (tertiary/aromatic N) is 1. The second-order valence-electron chi connectivity index (χ2n) is 5.59. The molecule has 0 spiro atoms. The van der Waals surface area contributed by atoms with Gasteiger partial charge in [-0.05, 0) is 37.1 Å². The first-order valence-electron chi connectivity index (χ1n) is 7.51. The molecule has 2 unspecified atom stereocenters. The summed E-state index contributed by atoms with van der Waals surface area (Å²) in [5, 5.41) is 2.61. The van der Waals surface area contributed by atoms with E-state index in [9.17, 15) is 13.2 Å². The van der Waals surface area contributed by atoms with Crippen molar-refractivity contribution in [3.8, 4) is 0 Å². The number of nitrogens with one attached hydrogen (secondary N) is 1. The van der Waals surface area contributed by atoms with Gasteiger partial charge in [-0.1, -0.05) is 0 Å². The van der Waals surface area contributed by atoms with Crippen molar-refractivity contribution in [1.29, 1.82) is 0 Å². The third kappa shape index (κ3) is 4.67. The largest absolute Gasteiger partial charge is 0.381 e. The number of rotatable bonds is 5. The Morgan fingerprint density at radius 3 is 2.50 bits per heavy atom. The molecule has 136 valence electrons. The van der Waals surface area contributed by atoms with E-state index in [1.165, 1.54) is 23.4 Å². The fraction of sp³-hybridized carbons (Fsp3) is 0.533. The van der Waals surface area contributed by atoms with Crippen LogP contribution in [0.2, 0.25) is 0 Å². The Labute approximate surface area is 149 Å². The van der Waals surface area contributed by atoms with Crippen LogP contribution < -0.4 is 11.1 Å². The molecular weight excluding hydrogens is 354 g/mol. The molecule has 0 bridgehead atoms. The van der Waals surface area contributed by atoms with Crippen LogP contribution in [0.1, 0.15) is 19.8 Å². The van der Waals surface area contributed by atoms with E-state index in [0.717, 1.165) is 0 Å². The summed E-state index contributed by atoms with van der Waals surface area (Å²) in [4.78, 5) is 11.2. The van der Waals surface area contributed by atoms with Gasteiger partial charge < -0.3 is 15.8 Å². The summed E-state index contributed by atoms with van der Waals surface area (Å²) >= 11 is 0. The average molecular weight is 378 g/mol. The number of piperidine rings is 1. The Morgan fingerprint density at radius 1 is 1.38 bits per heavy atom. The highest BCUT2D eigenvalue weighted by atomic mass is 35.5. The molecule has 1 aliphatic rings. The van der Waals surface area contributed by atoms with E-state index in [4.69, 9.17) is 10.5 Å². The lowest BCUT2D eigenvalue weighted by Gasteiger charge is -2.37. The van der Waals surface area contributed by atoms with Crippen molar-refractivity contribution in [2.75, 3.05) is 25.5 Å². The summed E-state index contributed by atoms with van der Waals surface area (Å²) in [6.07, 6.45) is 1.28. The number of benzene rings is 1. The third-order valence-corrected chi connectivity index (χ3v) is 5.97. The molecule has 1 heterocycles. The Hall–Kier alpha value is -1.19. The molecule has 24 heavy (non-hydrogen) atoms. The molecule has 1 amide bonds. The van der Waals surface area contributed by atoms with E-state index in [1.54, 1.807) is 19.2 Å². The molecule has 0 saturated carbocycles. The summed E-state index contributed by atoms with van der Waals surface area (Å²) < 4.78 is 32.4. The van der Waals surface area contributed by atoms with Gasteiger partial charge in [0.05, 0.1) is 11.0 Å².